The summed E-state index contributed by atoms with van der Waals surface area (Å²) in [6.45, 7) is 2.46. The van der Waals surface area contributed by atoms with Crippen molar-refractivity contribution in [3.05, 3.63) is 77.1 Å². The van der Waals surface area contributed by atoms with E-state index in [-0.39, 0.29) is 22.9 Å². The summed E-state index contributed by atoms with van der Waals surface area (Å²) in [7, 11) is 0. The number of hydrogen-bond acceptors (Lipinski definition) is 6. The lowest BCUT2D eigenvalue weighted by Crippen LogP contribution is -2.20. The minimum Gasteiger partial charge on any atom is -0.494 e. The van der Waals surface area contributed by atoms with Crippen LogP contribution in [0.3, 0.4) is 0 Å². The number of aromatic nitrogens is 4. The summed E-state index contributed by atoms with van der Waals surface area (Å²) in [4.78, 5) is 25.0. The number of fused-ring (bicyclic) bond motifs is 1. The molecule has 2 aromatic heterocycles. The molecule has 0 bridgehead atoms. The van der Waals surface area contributed by atoms with Crippen molar-refractivity contribution >= 4 is 29.0 Å². The molecule has 4 rings (SSSR count). The van der Waals surface area contributed by atoms with Gasteiger partial charge in [0.25, 0.3) is 0 Å². The topological polar surface area (TPSA) is 90.5 Å². The van der Waals surface area contributed by atoms with Gasteiger partial charge in [0.1, 0.15) is 11.6 Å². The number of hydrogen-bond donors (Lipinski definition) is 1. The van der Waals surface area contributed by atoms with E-state index in [0.29, 0.717) is 23.1 Å². The maximum atomic E-state index is 13.2. The van der Waals surface area contributed by atoms with Gasteiger partial charge in [0.2, 0.25) is 11.6 Å². The largest absolute Gasteiger partial charge is 0.494 e. The Labute approximate surface area is 180 Å². The molecule has 2 heterocycles. The van der Waals surface area contributed by atoms with Crippen molar-refractivity contribution in [3.8, 4) is 11.4 Å². The van der Waals surface area contributed by atoms with Crippen LogP contribution in [0.15, 0.2) is 70.9 Å². The van der Waals surface area contributed by atoms with Crippen molar-refractivity contribution < 1.29 is 13.9 Å². The Morgan fingerprint density at radius 3 is 2.71 bits per heavy atom. The molecule has 1 amide bonds. The maximum absolute atomic E-state index is 13.2. The molecule has 158 valence electrons. The van der Waals surface area contributed by atoms with Crippen LogP contribution in [0.2, 0.25) is 0 Å². The molecule has 0 unspecified atom stereocenters. The van der Waals surface area contributed by atoms with Gasteiger partial charge in [0, 0.05) is 23.8 Å². The highest BCUT2D eigenvalue weighted by Gasteiger charge is 2.14. The fourth-order valence-electron chi connectivity index (χ4n) is 2.93. The smallest absolute Gasteiger partial charge is 0.300 e. The lowest BCUT2D eigenvalue weighted by Gasteiger charge is -2.08. The van der Waals surface area contributed by atoms with Gasteiger partial charge in [-0.15, -0.1) is 10.2 Å². The summed E-state index contributed by atoms with van der Waals surface area (Å²) >= 11 is 1.12. The second kappa shape index (κ2) is 9.00. The van der Waals surface area contributed by atoms with Crippen LogP contribution in [-0.4, -0.2) is 37.4 Å². The van der Waals surface area contributed by atoms with Crippen molar-refractivity contribution in [3.63, 3.8) is 0 Å². The van der Waals surface area contributed by atoms with E-state index in [0.717, 1.165) is 17.5 Å². The van der Waals surface area contributed by atoms with E-state index in [9.17, 15) is 14.0 Å². The minimum absolute atomic E-state index is 0.0271. The van der Waals surface area contributed by atoms with E-state index >= 15 is 0 Å². The SMILES string of the molecule is CCOc1ccc(-n2ccn3c(SCC(=O)Nc4cccc(F)c4)nnc3c2=O)cc1. The van der Waals surface area contributed by atoms with Gasteiger partial charge >= 0.3 is 5.56 Å². The number of carbonyl (C=O) groups is 1. The predicted octanol–water partition coefficient (Wildman–Crippen LogP) is 3.15. The van der Waals surface area contributed by atoms with Gasteiger partial charge < -0.3 is 10.1 Å². The number of rotatable bonds is 7. The van der Waals surface area contributed by atoms with Crippen molar-refractivity contribution in [1.82, 2.24) is 19.2 Å². The van der Waals surface area contributed by atoms with Crippen LogP contribution in [0.4, 0.5) is 10.1 Å². The van der Waals surface area contributed by atoms with Gasteiger partial charge in [-0.3, -0.25) is 18.6 Å². The van der Waals surface area contributed by atoms with E-state index in [1.165, 1.54) is 27.2 Å². The molecule has 4 aromatic rings. The first-order chi connectivity index (χ1) is 15.0. The zero-order valence-electron chi connectivity index (χ0n) is 16.5. The highest BCUT2D eigenvalue weighted by molar-refractivity contribution is 7.99. The van der Waals surface area contributed by atoms with E-state index in [4.69, 9.17) is 4.74 Å². The first kappa shape index (κ1) is 20.6. The van der Waals surface area contributed by atoms with Crippen LogP contribution >= 0.6 is 11.8 Å². The van der Waals surface area contributed by atoms with Gasteiger partial charge in [-0.2, -0.15) is 0 Å². The first-order valence-electron chi connectivity index (χ1n) is 9.43. The number of thioether (sulfide) groups is 1. The third-order valence-electron chi connectivity index (χ3n) is 4.31. The molecule has 8 nitrogen and oxygen atoms in total. The molecule has 0 spiro atoms. The normalized spacial score (nSPS) is 10.9. The molecule has 2 aromatic carbocycles. The zero-order chi connectivity index (χ0) is 21.8. The summed E-state index contributed by atoms with van der Waals surface area (Å²) < 4.78 is 21.7. The van der Waals surface area contributed by atoms with Crippen molar-refractivity contribution in [2.45, 2.75) is 12.1 Å². The molecule has 0 aliphatic carbocycles. The lowest BCUT2D eigenvalue weighted by molar-refractivity contribution is -0.113. The van der Waals surface area contributed by atoms with E-state index < -0.39 is 5.82 Å². The molecule has 0 aliphatic rings. The highest BCUT2D eigenvalue weighted by atomic mass is 32.2. The average Bonchev–Trinajstić information content (AvgIpc) is 3.18. The number of nitrogens with zero attached hydrogens (tertiary/aromatic N) is 4. The van der Waals surface area contributed by atoms with Crippen LogP contribution in [0.5, 0.6) is 5.75 Å². The highest BCUT2D eigenvalue weighted by Crippen LogP contribution is 2.18. The maximum Gasteiger partial charge on any atom is 0.300 e. The third kappa shape index (κ3) is 4.58. The van der Waals surface area contributed by atoms with Gasteiger partial charge in [0.05, 0.1) is 12.4 Å². The standard InChI is InChI=1S/C21H18FN5O3S/c1-2-30-17-8-6-16(7-9-17)26-10-11-27-19(20(26)29)24-25-21(27)31-13-18(28)23-15-5-3-4-14(22)12-15/h3-12H,2,13H2,1H3,(H,23,28). The second-order valence-electron chi connectivity index (χ2n) is 6.42. The van der Waals surface area contributed by atoms with Crippen molar-refractivity contribution in [1.29, 1.82) is 0 Å². The van der Waals surface area contributed by atoms with Crippen LogP contribution < -0.4 is 15.6 Å². The zero-order valence-corrected chi connectivity index (χ0v) is 17.3. The van der Waals surface area contributed by atoms with Gasteiger partial charge in [-0.05, 0) is 49.4 Å². The molecular formula is C21H18FN5O3S. The van der Waals surface area contributed by atoms with Crippen LogP contribution in [0.1, 0.15) is 6.92 Å². The Morgan fingerprint density at radius 1 is 1.16 bits per heavy atom. The molecule has 0 saturated carbocycles. The van der Waals surface area contributed by atoms with Gasteiger partial charge in [-0.1, -0.05) is 17.8 Å². The molecule has 0 saturated heterocycles. The molecule has 1 N–H and O–H groups in total. The number of nitrogens with one attached hydrogen (secondary N) is 1. The Kier molecular flexibility index (Phi) is 5.99. The van der Waals surface area contributed by atoms with Gasteiger partial charge in [0.15, 0.2) is 5.16 Å². The first-order valence-corrected chi connectivity index (χ1v) is 10.4. The quantitative estimate of drug-likeness (QED) is 0.445. The van der Waals surface area contributed by atoms with Crippen LogP contribution in [0.25, 0.3) is 11.3 Å². The molecule has 0 fully saturated rings. The molecular weight excluding hydrogens is 421 g/mol. The molecule has 31 heavy (non-hydrogen) atoms. The lowest BCUT2D eigenvalue weighted by atomic mass is 10.3. The molecule has 0 radical (unpaired) electrons. The molecule has 10 heteroatoms. The predicted molar refractivity (Wildman–Crippen MR) is 116 cm³/mol. The number of halogens is 1. The fourth-order valence-corrected chi connectivity index (χ4v) is 3.65. The minimum atomic E-state index is -0.433. The fraction of sp³-hybridized carbons (Fsp3) is 0.143. The number of carbonyl (C=O) groups excluding carboxylic acids is 1. The Morgan fingerprint density at radius 2 is 1.97 bits per heavy atom. The monoisotopic (exact) mass is 439 g/mol. The van der Waals surface area contributed by atoms with Gasteiger partial charge in [-0.25, -0.2) is 4.39 Å². The van der Waals surface area contributed by atoms with E-state index in [1.807, 2.05) is 6.92 Å². The summed E-state index contributed by atoms with van der Waals surface area (Å²) in [5, 5.41) is 11.0. The third-order valence-corrected chi connectivity index (χ3v) is 5.25. The second-order valence-corrected chi connectivity index (χ2v) is 7.37. The molecule has 0 atom stereocenters. The van der Waals surface area contributed by atoms with Crippen molar-refractivity contribution in [2.75, 3.05) is 17.7 Å². The Balaban J connectivity index is 1.50. The van der Waals surface area contributed by atoms with E-state index in [1.54, 1.807) is 42.7 Å². The summed E-state index contributed by atoms with van der Waals surface area (Å²) in [6, 6.07) is 12.8. The molecule has 0 aliphatic heterocycles. The summed E-state index contributed by atoms with van der Waals surface area (Å²) in [5.74, 6) is -0.00918. The van der Waals surface area contributed by atoms with Crippen LogP contribution in [-0.2, 0) is 4.79 Å². The number of amides is 1. The van der Waals surface area contributed by atoms with Crippen LogP contribution in [0, 0.1) is 5.82 Å². The number of ether oxygens (including phenoxy) is 1. The Hall–Kier alpha value is -3.66. The van der Waals surface area contributed by atoms with Crippen molar-refractivity contribution in [2.24, 2.45) is 0 Å². The average molecular weight is 439 g/mol. The number of benzene rings is 2. The Bertz CT molecular complexity index is 1290. The summed E-state index contributed by atoms with van der Waals surface area (Å²) in [6.07, 6.45) is 3.28. The van der Waals surface area contributed by atoms with E-state index in [2.05, 4.69) is 15.5 Å². The number of anilines is 1. The summed E-state index contributed by atoms with van der Waals surface area (Å²) in [5.41, 5.74) is 0.845.